The SMILES string of the molecule is CC(C)c1ccc(NC(=O)C(=O)Nc2ccccc2O)cc1. The molecule has 2 amide bonds. The Morgan fingerprint density at radius 1 is 0.909 bits per heavy atom. The normalized spacial score (nSPS) is 10.3. The number of nitrogens with one attached hydrogen (secondary N) is 2. The van der Waals surface area contributed by atoms with Crippen LogP contribution in [0.2, 0.25) is 0 Å². The summed E-state index contributed by atoms with van der Waals surface area (Å²) >= 11 is 0. The minimum absolute atomic E-state index is 0.0927. The number of carbonyl (C=O) groups is 2. The van der Waals surface area contributed by atoms with Crippen molar-refractivity contribution >= 4 is 23.2 Å². The topological polar surface area (TPSA) is 78.4 Å². The zero-order valence-corrected chi connectivity index (χ0v) is 12.5. The quantitative estimate of drug-likeness (QED) is 0.602. The molecule has 0 saturated heterocycles. The largest absolute Gasteiger partial charge is 0.506 e. The van der Waals surface area contributed by atoms with Crippen LogP contribution in [0, 0.1) is 0 Å². The summed E-state index contributed by atoms with van der Waals surface area (Å²) in [5, 5.41) is 14.4. The van der Waals surface area contributed by atoms with Crippen LogP contribution in [0.25, 0.3) is 0 Å². The van der Waals surface area contributed by atoms with E-state index >= 15 is 0 Å². The second-order valence-corrected chi connectivity index (χ2v) is 5.20. The number of para-hydroxylation sites is 2. The van der Waals surface area contributed by atoms with Crippen molar-refractivity contribution < 1.29 is 14.7 Å². The third-order valence-electron chi connectivity index (χ3n) is 3.19. The third kappa shape index (κ3) is 3.85. The highest BCUT2D eigenvalue weighted by molar-refractivity contribution is 6.43. The lowest BCUT2D eigenvalue weighted by molar-refractivity contribution is -0.133. The van der Waals surface area contributed by atoms with Gasteiger partial charge in [-0.25, -0.2) is 0 Å². The first-order valence-corrected chi connectivity index (χ1v) is 6.97. The number of phenolic OH excluding ortho intramolecular Hbond substituents is 1. The van der Waals surface area contributed by atoms with E-state index in [1.807, 2.05) is 12.1 Å². The average Bonchev–Trinajstić information content (AvgIpc) is 2.50. The highest BCUT2D eigenvalue weighted by Crippen LogP contribution is 2.21. The van der Waals surface area contributed by atoms with Gasteiger partial charge in [0.05, 0.1) is 5.69 Å². The summed E-state index contributed by atoms with van der Waals surface area (Å²) in [7, 11) is 0. The van der Waals surface area contributed by atoms with E-state index in [1.165, 1.54) is 12.1 Å². The first-order chi connectivity index (χ1) is 10.5. The maximum absolute atomic E-state index is 11.8. The smallest absolute Gasteiger partial charge is 0.314 e. The maximum atomic E-state index is 11.8. The van der Waals surface area contributed by atoms with Gasteiger partial charge in [-0.2, -0.15) is 0 Å². The Morgan fingerprint density at radius 2 is 1.50 bits per heavy atom. The van der Waals surface area contributed by atoms with Gasteiger partial charge >= 0.3 is 11.8 Å². The number of rotatable bonds is 3. The molecule has 114 valence electrons. The van der Waals surface area contributed by atoms with E-state index in [9.17, 15) is 14.7 Å². The van der Waals surface area contributed by atoms with E-state index in [4.69, 9.17) is 0 Å². The number of anilines is 2. The van der Waals surface area contributed by atoms with Crippen molar-refractivity contribution in [3.8, 4) is 5.75 Å². The number of hydrogen-bond donors (Lipinski definition) is 3. The van der Waals surface area contributed by atoms with E-state index in [-0.39, 0.29) is 11.4 Å². The van der Waals surface area contributed by atoms with Crippen molar-refractivity contribution in [2.24, 2.45) is 0 Å². The molecule has 0 heterocycles. The molecular formula is C17H18N2O3. The van der Waals surface area contributed by atoms with Crippen LogP contribution in [0.5, 0.6) is 5.75 Å². The standard InChI is InChI=1S/C17H18N2O3/c1-11(2)12-7-9-13(10-8-12)18-16(21)17(22)19-14-5-3-4-6-15(14)20/h3-11,20H,1-2H3,(H,18,21)(H,19,22). The Labute approximate surface area is 129 Å². The Balaban J connectivity index is 1.99. The van der Waals surface area contributed by atoms with E-state index in [2.05, 4.69) is 24.5 Å². The third-order valence-corrected chi connectivity index (χ3v) is 3.19. The fraction of sp³-hybridized carbons (Fsp3) is 0.176. The molecule has 5 nitrogen and oxygen atoms in total. The minimum Gasteiger partial charge on any atom is -0.506 e. The maximum Gasteiger partial charge on any atom is 0.314 e. The van der Waals surface area contributed by atoms with Crippen molar-refractivity contribution in [1.82, 2.24) is 0 Å². The van der Waals surface area contributed by atoms with Crippen LogP contribution in [0.4, 0.5) is 11.4 Å². The molecule has 0 unspecified atom stereocenters. The Morgan fingerprint density at radius 3 is 2.09 bits per heavy atom. The fourth-order valence-corrected chi connectivity index (χ4v) is 1.90. The van der Waals surface area contributed by atoms with Gasteiger partial charge in [-0.1, -0.05) is 38.1 Å². The van der Waals surface area contributed by atoms with Crippen LogP contribution in [0.15, 0.2) is 48.5 Å². The van der Waals surface area contributed by atoms with Gasteiger partial charge in [0.25, 0.3) is 0 Å². The molecule has 0 spiro atoms. The molecule has 0 saturated carbocycles. The first-order valence-electron chi connectivity index (χ1n) is 6.97. The van der Waals surface area contributed by atoms with Crippen LogP contribution in [0.1, 0.15) is 25.3 Å². The van der Waals surface area contributed by atoms with E-state index < -0.39 is 11.8 Å². The van der Waals surface area contributed by atoms with Crippen LogP contribution in [-0.4, -0.2) is 16.9 Å². The second kappa shape index (κ2) is 6.76. The minimum atomic E-state index is -0.838. The van der Waals surface area contributed by atoms with Gasteiger partial charge in [0.1, 0.15) is 5.75 Å². The molecule has 0 aliphatic heterocycles. The van der Waals surface area contributed by atoms with Gasteiger partial charge < -0.3 is 15.7 Å². The number of hydrogen-bond acceptors (Lipinski definition) is 3. The van der Waals surface area contributed by atoms with Gasteiger partial charge in [0.15, 0.2) is 0 Å². The zero-order valence-electron chi connectivity index (χ0n) is 12.5. The average molecular weight is 298 g/mol. The fourth-order valence-electron chi connectivity index (χ4n) is 1.90. The van der Waals surface area contributed by atoms with Gasteiger partial charge in [0.2, 0.25) is 0 Å². The van der Waals surface area contributed by atoms with E-state index in [0.29, 0.717) is 11.6 Å². The molecule has 0 atom stereocenters. The molecule has 2 rings (SSSR count). The molecule has 0 aromatic heterocycles. The number of phenols is 1. The molecule has 5 heteroatoms. The van der Waals surface area contributed by atoms with E-state index in [1.54, 1.807) is 24.3 Å². The number of amides is 2. The number of carbonyl (C=O) groups excluding carboxylic acids is 2. The van der Waals surface area contributed by atoms with Gasteiger partial charge in [-0.15, -0.1) is 0 Å². The Kier molecular flexibility index (Phi) is 4.78. The molecule has 2 aromatic rings. The highest BCUT2D eigenvalue weighted by atomic mass is 16.3. The molecular weight excluding hydrogens is 280 g/mol. The van der Waals surface area contributed by atoms with Crippen molar-refractivity contribution in [3.63, 3.8) is 0 Å². The molecule has 0 fully saturated rings. The summed E-state index contributed by atoms with van der Waals surface area (Å²) in [6.07, 6.45) is 0. The Bertz CT molecular complexity index is 679. The van der Waals surface area contributed by atoms with Crippen molar-refractivity contribution in [3.05, 3.63) is 54.1 Å². The predicted octanol–water partition coefficient (Wildman–Crippen LogP) is 3.09. The lowest BCUT2D eigenvalue weighted by Gasteiger charge is -2.09. The lowest BCUT2D eigenvalue weighted by Crippen LogP contribution is -2.29. The molecule has 0 aliphatic rings. The first kappa shape index (κ1) is 15.6. The van der Waals surface area contributed by atoms with Gasteiger partial charge in [-0.3, -0.25) is 9.59 Å². The molecule has 3 N–H and O–H groups in total. The summed E-state index contributed by atoms with van der Waals surface area (Å²) in [5.41, 5.74) is 1.89. The molecule has 0 radical (unpaired) electrons. The summed E-state index contributed by atoms with van der Waals surface area (Å²) in [6.45, 7) is 4.15. The predicted molar refractivity (Wildman–Crippen MR) is 85.9 cm³/mol. The lowest BCUT2D eigenvalue weighted by atomic mass is 10.0. The summed E-state index contributed by atoms with van der Waals surface area (Å²) in [5.74, 6) is -1.32. The molecule has 0 aliphatic carbocycles. The Hall–Kier alpha value is -2.82. The second-order valence-electron chi connectivity index (χ2n) is 5.20. The van der Waals surface area contributed by atoms with Gasteiger partial charge in [-0.05, 0) is 35.7 Å². The van der Waals surface area contributed by atoms with Crippen molar-refractivity contribution in [1.29, 1.82) is 0 Å². The summed E-state index contributed by atoms with van der Waals surface area (Å²) < 4.78 is 0. The number of aromatic hydroxyl groups is 1. The van der Waals surface area contributed by atoms with Crippen molar-refractivity contribution in [2.75, 3.05) is 10.6 Å². The van der Waals surface area contributed by atoms with Crippen LogP contribution >= 0.6 is 0 Å². The van der Waals surface area contributed by atoms with Gasteiger partial charge in [0, 0.05) is 5.69 Å². The molecule has 2 aromatic carbocycles. The summed E-state index contributed by atoms with van der Waals surface area (Å²) in [6, 6.07) is 13.5. The van der Waals surface area contributed by atoms with E-state index in [0.717, 1.165) is 5.56 Å². The monoisotopic (exact) mass is 298 g/mol. The zero-order chi connectivity index (χ0) is 16.1. The van der Waals surface area contributed by atoms with Crippen LogP contribution in [-0.2, 0) is 9.59 Å². The van der Waals surface area contributed by atoms with Crippen LogP contribution < -0.4 is 10.6 Å². The highest BCUT2D eigenvalue weighted by Gasteiger charge is 2.15. The van der Waals surface area contributed by atoms with Crippen molar-refractivity contribution in [2.45, 2.75) is 19.8 Å². The summed E-state index contributed by atoms with van der Waals surface area (Å²) in [4.78, 5) is 23.7. The number of benzene rings is 2. The van der Waals surface area contributed by atoms with Crippen LogP contribution in [0.3, 0.4) is 0 Å². The molecule has 22 heavy (non-hydrogen) atoms. The molecule has 0 bridgehead atoms.